The molecule has 2 fully saturated rings. The molecule has 38 heavy (non-hydrogen) atoms. The molecule has 11 nitrogen and oxygen atoms in total. The van der Waals surface area contributed by atoms with Gasteiger partial charge in [-0.2, -0.15) is 4.31 Å². The highest BCUT2D eigenvalue weighted by molar-refractivity contribution is 7.89. The van der Waals surface area contributed by atoms with E-state index in [0.29, 0.717) is 38.4 Å². The third-order valence-electron chi connectivity index (χ3n) is 7.14. The lowest BCUT2D eigenvalue weighted by atomic mass is 9.88. The summed E-state index contributed by atoms with van der Waals surface area (Å²) in [5.41, 5.74) is 0.413. The second kappa shape index (κ2) is 11.2. The maximum absolute atomic E-state index is 13.6. The second-order valence-electron chi connectivity index (χ2n) is 9.52. The number of ether oxygens (including phenoxy) is 2. The van der Waals surface area contributed by atoms with Gasteiger partial charge in [-0.15, -0.1) is 0 Å². The summed E-state index contributed by atoms with van der Waals surface area (Å²) in [6.07, 6.45) is 0.630. The van der Waals surface area contributed by atoms with Crippen LogP contribution in [-0.4, -0.2) is 94.5 Å². The number of carbonyl (C=O) groups excluding carboxylic acids is 2. The minimum absolute atomic E-state index is 0.0331. The molecule has 0 saturated carbocycles. The molecule has 0 aliphatic carbocycles. The van der Waals surface area contributed by atoms with Gasteiger partial charge in [-0.05, 0) is 31.0 Å². The number of likely N-dealkylation sites (tertiary alicyclic amines) is 1. The molecule has 0 bridgehead atoms. The summed E-state index contributed by atoms with van der Waals surface area (Å²) in [4.78, 5) is 28.7. The van der Waals surface area contributed by atoms with Crippen LogP contribution in [0.1, 0.15) is 39.1 Å². The number of nitrogens with one attached hydrogen (secondary N) is 3. The molecule has 2 aromatic rings. The topological polar surface area (TPSA) is 141 Å². The van der Waals surface area contributed by atoms with Crippen molar-refractivity contribution < 1.29 is 27.5 Å². The number of methoxy groups -OCH3 is 2. The van der Waals surface area contributed by atoms with Crippen LogP contribution in [-0.2, 0) is 19.5 Å². The van der Waals surface area contributed by atoms with Gasteiger partial charge in [0.1, 0.15) is 0 Å². The van der Waals surface area contributed by atoms with Gasteiger partial charge in [-0.1, -0.05) is 30.3 Å². The fraction of sp³-hybridized carbons (Fsp3) is 0.423. The van der Waals surface area contributed by atoms with Crippen LogP contribution in [0.2, 0.25) is 0 Å². The van der Waals surface area contributed by atoms with Crippen molar-refractivity contribution in [1.82, 2.24) is 19.8 Å². The molecule has 3 N–H and O–H groups in total. The molecule has 2 aliphatic heterocycles. The van der Waals surface area contributed by atoms with Crippen LogP contribution >= 0.6 is 0 Å². The van der Waals surface area contributed by atoms with Crippen molar-refractivity contribution in [1.29, 1.82) is 5.41 Å². The largest absolute Gasteiger partial charge is 0.355 e. The summed E-state index contributed by atoms with van der Waals surface area (Å²) < 4.78 is 37.6. The number of likely N-dealkylation sites (N-methyl/N-ethyl adjacent to an activating group) is 1. The molecule has 0 unspecified atom stereocenters. The Morgan fingerprint density at radius 2 is 1.74 bits per heavy atom. The first-order valence-corrected chi connectivity index (χ1v) is 13.7. The molecule has 2 saturated heterocycles. The molecular weight excluding hydrogens is 510 g/mol. The molecule has 2 heterocycles. The third kappa shape index (κ3) is 5.58. The van der Waals surface area contributed by atoms with Crippen molar-refractivity contribution >= 4 is 27.7 Å². The van der Waals surface area contributed by atoms with Crippen LogP contribution in [0, 0.1) is 5.41 Å². The Morgan fingerprint density at radius 3 is 2.34 bits per heavy atom. The summed E-state index contributed by atoms with van der Waals surface area (Å²) in [5, 5.41) is 13.9. The summed E-state index contributed by atoms with van der Waals surface area (Å²) in [6.45, 7) is 1.60. The van der Waals surface area contributed by atoms with Crippen LogP contribution in [0.25, 0.3) is 0 Å². The van der Waals surface area contributed by atoms with Gasteiger partial charge in [-0.3, -0.25) is 15.0 Å². The predicted molar refractivity (Wildman–Crippen MR) is 141 cm³/mol. The van der Waals surface area contributed by atoms with E-state index in [2.05, 4.69) is 10.6 Å². The lowest BCUT2D eigenvalue weighted by Crippen LogP contribution is -2.53. The maximum atomic E-state index is 13.6. The number of rotatable bonds is 9. The van der Waals surface area contributed by atoms with E-state index in [1.807, 2.05) is 0 Å². The van der Waals surface area contributed by atoms with E-state index >= 15 is 0 Å². The maximum Gasteiger partial charge on any atom is 0.254 e. The zero-order valence-corrected chi connectivity index (χ0v) is 22.5. The number of hydrogen-bond donors (Lipinski definition) is 3. The number of amides is 1. The third-order valence-corrected chi connectivity index (χ3v) is 8.96. The van der Waals surface area contributed by atoms with Crippen molar-refractivity contribution in [2.45, 2.75) is 29.6 Å². The highest BCUT2D eigenvalue weighted by Gasteiger charge is 2.40. The van der Waals surface area contributed by atoms with Gasteiger partial charge in [0.15, 0.2) is 18.0 Å². The van der Waals surface area contributed by atoms with Crippen molar-refractivity contribution in [3.63, 3.8) is 0 Å². The van der Waals surface area contributed by atoms with Gasteiger partial charge in [0.25, 0.3) is 5.91 Å². The van der Waals surface area contributed by atoms with Crippen LogP contribution < -0.4 is 10.6 Å². The number of sulfonamides is 1. The lowest BCUT2D eigenvalue weighted by molar-refractivity contribution is -0.106. The van der Waals surface area contributed by atoms with Gasteiger partial charge in [0.05, 0.1) is 22.5 Å². The zero-order chi connectivity index (χ0) is 27.5. The van der Waals surface area contributed by atoms with E-state index in [4.69, 9.17) is 14.9 Å². The van der Waals surface area contributed by atoms with Gasteiger partial charge < -0.3 is 25.0 Å². The number of ketones is 1. The molecule has 2 aromatic carbocycles. The number of benzene rings is 2. The summed E-state index contributed by atoms with van der Waals surface area (Å²) in [5.74, 6) is -0.393. The number of guanidine groups is 1. The molecule has 0 aromatic heterocycles. The second-order valence-corrected chi connectivity index (χ2v) is 11.6. The molecular formula is C26H33N5O6S. The van der Waals surface area contributed by atoms with E-state index in [0.717, 1.165) is 4.31 Å². The Morgan fingerprint density at radius 1 is 1.08 bits per heavy atom. The van der Waals surface area contributed by atoms with Gasteiger partial charge >= 0.3 is 0 Å². The Labute approximate surface area is 222 Å². The molecule has 2 aliphatic rings. The van der Waals surface area contributed by atoms with Gasteiger partial charge in [0.2, 0.25) is 10.0 Å². The Hall–Kier alpha value is -3.32. The molecule has 4 rings (SSSR count). The quantitative estimate of drug-likeness (QED) is 0.317. The van der Waals surface area contributed by atoms with E-state index in [1.165, 1.54) is 45.5 Å². The molecule has 0 radical (unpaired) electrons. The van der Waals surface area contributed by atoms with Crippen molar-refractivity contribution in [2.75, 3.05) is 47.4 Å². The normalized spacial score (nSPS) is 17.1. The monoisotopic (exact) mass is 543 g/mol. The van der Waals surface area contributed by atoms with Gasteiger partial charge in [-0.25, -0.2) is 8.42 Å². The highest BCUT2D eigenvalue weighted by atomic mass is 32.2. The standard InChI is InChI=1S/C26H33N5O6S/c1-30(16-22(36-2)37-3)38(34,35)19-8-6-7-18(15-19)23(32)20-9-4-5-10-21(20)24(33)31-13-11-26(12-14-31)17-28-25(27)29-26/h4-10,15,22H,11-14,16-17H2,1-3H3,(H3,27,28,29). The van der Waals surface area contributed by atoms with Crippen molar-refractivity contribution in [3.05, 3.63) is 65.2 Å². The van der Waals surface area contributed by atoms with Crippen molar-refractivity contribution in [3.8, 4) is 0 Å². The first-order valence-electron chi connectivity index (χ1n) is 12.3. The number of carbonyl (C=O) groups is 2. The SMILES string of the molecule is COC(CN(C)S(=O)(=O)c1cccc(C(=O)c2ccccc2C(=O)N2CCC3(CC2)CNC(=N)N3)c1)OC. The van der Waals surface area contributed by atoms with Crippen LogP contribution in [0.4, 0.5) is 0 Å². The highest BCUT2D eigenvalue weighted by Crippen LogP contribution is 2.27. The van der Waals surface area contributed by atoms with Crippen LogP contribution in [0.15, 0.2) is 53.4 Å². The smallest absolute Gasteiger partial charge is 0.254 e. The molecule has 1 spiro atoms. The lowest BCUT2D eigenvalue weighted by Gasteiger charge is -2.38. The molecule has 12 heteroatoms. The first kappa shape index (κ1) is 27.7. The van der Waals surface area contributed by atoms with E-state index < -0.39 is 22.1 Å². The van der Waals surface area contributed by atoms with Crippen LogP contribution in [0.5, 0.6) is 0 Å². The van der Waals surface area contributed by atoms with Crippen molar-refractivity contribution in [2.24, 2.45) is 0 Å². The zero-order valence-electron chi connectivity index (χ0n) is 21.7. The summed E-state index contributed by atoms with van der Waals surface area (Å²) in [6, 6.07) is 12.4. The minimum atomic E-state index is -3.93. The summed E-state index contributed by atoms with van der Waals surface area (Å²) >= 11 is 0. The van der Waals surface area contributed by atoms with Gasteiger partial charge in [0, 0.05) is 52.0 Å². The number of nitrogens with zero attached hydrogens (tertiary/aromatic N) is 2. The van der Waals surface area contributed by atoms with E-state index in [1.54, 1.807) is 29.2 Å². The molecule has 204 valence electrons. The minimum Gasteiger partial charge on any atom is -0.355 e. The van der Waals surface area contributed by atoms with E-state index in [9.17, 15) is 18.0 Å². The molecule has 1 amide bonds. The Kier molecular flexibility index (Phi) is 8.16. The van der Waals surface area contributed by atoms with E-state index in [-0.39, 0.29) is 39.6 Å². The average molecular weight is 544 g/mol. The summed E-state index contributed by atoms with van der Waals surface area (Å²) in [7, 11) is 0.317. The Balaban J connectivity index is 1.54. The number of hydrogen-bond acceptors (Lipinski definition) is 7. The number of piperidine rings is 1. The molecule has 0 atom stereocenters. The fourth-order valence-electron chi connectivity index (χ4n) is 4.78. The predicted octanol–water partition coefficient (Wildman–Crippen LogP) is 1.26. The Bertz CT molecular complexity index is 1320. The first-order chi connectivity index (χ1) is 18.1. The fourth-order valence-corrected chi connectivity index (χ4v) is 5.98. The average Bonchev–Trinajstić information content (AvgIpc) is 3.30. The van der Waals surface area contributed by atoms with Crippen LogP contribution in [0.3, 0.4) is 0 Å².